The molecule has 0 radical (unpaired) electrons. The highest BCUT2D eigenvalue weighted by molar-refractivity contribution is 7.15. The molecule has 0 spiro atoms. The van der Waals surface area contributed by atoms with E-state index in [-0.39, 0.29) is 17.9 Å². The van der Waals surface area contributed by atoms with Crippen molar-refractivity contribution in [1.82, 2.24) is 15.1 Å². The number of aromatic nitrogens is 2. The first-order chi connectivity index (χ1) is 11.7. The van der Waals surface area contributed by atoms with Gasteiger partial charge < -0.3 is 4.90 Å². The molecule has 1 N–H and O–H groups in total. The lowest BCUT2D eigenvalue weighted by Crippen LogP contribution is -2.49. The van der Waals surface area contributed by atoms with Crippen LogP contribution >= 0.6 is 11.3 Å². The first kappa shape index (κ1) is 17.3. The molecule has 7 heteroatoms. The number of nitrogens with zero attached hydrogens (tertiary/aromatic N) is 3. The van der Waals surface area contributed by atoms with Crippen molar-refractivity contribution < 1.29 is 9.59 Å². The third kappa shape index (κ3) is 3.94. The van der Waals surface area contributed by atoms with Crippen LogP contribution in [0.3, 0.4) is 0 Å². The lowest BCUT2D eigenvalue weighted by atomic mass is 9.90. The van der Waals surface area contributed by atoms with Crippen LogP contribution in [0.25, 0.3) is 0 Å². The molecule has 2 amide bonds. The number of anilines is 1. The van der Waals surface area contributed by atoms with E-state index in [1.165, 1.54) is 43.4 Å². The highest BCUT2D eigenvalue weighted by atomic mass is 32.1. The van der Waals surface area contributed by atoms with Gasteiger partial charge in [-0.15, -0.1) is 10.2 Å². The normalized spacial score (nSPS) is 22.4. The molecule has 1 aromatic heterocycles. The molecule has 1 saturated carbocycles. The fourth-order valence-electron chi connectivity index (χ4n) is 3.69. The standard InChI is InChI=1S/C17H26N4O2S/c1-2-14(22)21-11-7-6-10-13(21)15(23)18-17-20-19-16(24-17)12-8-4-3-5-9-12/h12-13H,2-11H2,1H3,(H,18,20,23). The zero-order chi connectivity index (χ0) is 16.9. The number of amides is 2. The van der Waals surface area contributed by atoms with Crippen molar-refractivity contribution in [2.24, 2.45) is 0 Å². The summed E-state index contributed by atoms with van der Waals surface area (Å²) in [7, 11) is 0. The lowest BCUT2D eigenvalue weighted by molar-refractivity contribution is -0.140. The van der Waals surface area contributed by atoms with Gasteiger partial charge >= 0.3 is 0 Å². The zero-order valence-corrected chi connectivity index (χ0v) is 15.1. The van der Waals surface area contributed by atoms with Crippen molar-refractivity contribution in [3.63, 3.8) is 0 Å². The van der Waals surface area contributed by atoms with Crippen LogP contribution < -0.4 is 5.32 Å². The van der Waals surface area contributed by atoms with Crippen LogP contribution in [-0.4, -0.2) is 39.5 Å². The summed E-state index contributed by atoms with van der Waals surface area (Å²) in [6, 6.07) is -0.367. The Kier molecular flexibility index (Phi) is 5.81. The minimum absolute atomic E-state index is 0.0509. The van der Waals surface area contributed by atoms with Crippen molar-refractivity contribution in [3.05, 3.63) is 5.01 Å². The number of hydrogen-bond donors (Lipinski definition) is 1. The van der Waals surface area contributed by atoms with Crippen molar-refractivity contribution in [2.75, 3.05) is 11.9 Å². The maximum atomic E-state index is 12.6. The van der Waals surface area contributed by atoms with Crippen LogP contribution in [0.2, 0.25) is 0 Å². The first-order valence-corrected chi connectivity index (χ1v) is 9.94. The van der Waals surface area contributed by atoms with E-state index in [0.717, 1.165) is 24.3 Å². The number of likely N-dealkylation sites (tertiary alicyclic amines) is 1. The predicted octanol–water partition coefficient (Wildman–Crippen LogP) is 3.32. The minimum atomic E-state index is -0.367. The van der Waals surface area contributed by atoms with Gasteiger partial charge in [0.25, 0.3) is 0 Å². The van der Waals surface area contributed by atoms with E-state index in [9.17, 15) is 9.59 Å². The monoisotopic (exact) mass is 350 g/mol. The molecule has 0 bridgehead atoms. The second-order valence-corrected chi connectivity index (χ2v) is 7.73. The van der Waals surface area contributed by atoms with Gasteiger partial charge in [0, 0.05) is 18.9 Å². The first-order valence-electron chi connectivity index (χ1n) is 9.12. The second kappa shape index (κ2) is 8.05. The minimum Gasteiger partial charge on any atom is -0.331 e. The van der Waals surface area contributed by atoms with Crippen LogP contribution in [0.5, 0.6) is 0 Å². The average molecular weight is 350 g/mol. The Balaban J connectivity index is 1.63. The zero-order valence-electron chi connectivity index (χ0n) is 14.3. The highest BCUT2D eigenvalue weighted by Crippen LogP contribution is 2.35. The summed E-state index contributed by atoms with van der Waals surface area (Å²) in [5.41, 5.74) is 0. The average Bonchev–Trinajstić information content (AvgIpc) is 3.10. The largest absolute Gasteiger partial charge is 0.331 e. The fourth-order valence-corrected chi connectivity index (χ4v) is 4.61. The Bertz CT molecular complexity index is 583. The number of piperidine rings is 1. The SMILES string of the molecule is CCC(=O)N1CCCCC1C(=O)Nc1nnc(C2CCCCC2)s1. The second-order valence-electron chi connectivity index (χ2n) is 6.72. The molecule has 3 rings (SSSR count). The number of rotatable bonds is 4. The van der Waals surface area contributed by atoms with Gasteiger partial charge in [-0.25, -0.2) is 0 Å². The van der Waals surface area contributed by atoms with Crippen molar-refractivity contribution in [3.8, 4) is 0 Å². The van der Waals surface area contributed by atoms with Crippen molar-refractivity contribution >= 4 is 28.3 Å². The van der Waals surface area contributed by atoms with Crippen LogP contribution in [0, 0.1) is 0 Å². The maximum absolute atomic E-state index is 12.6. The lowest BCUT2D eigenvalue weighted by Gasteiger charge is -2.34. The van der Waals surface area contributed by atoms with Crippen molar-refractivity contribution in [1.29, 1.82) is 0 Å². The summed E-state index contributed by atoms with van der Waals surface area (Å²) in [6.45, 7) is 2.52. The molecule has 1 unspecified atom stereocenters. The van der Waals surface area contributed by atoms with Crippen LogP contribution in [0.15, 0.2) is 0 Å². The molecule has 132 valence electrons. The predicted molar refractivity (Wildman–Crippen MR) is 94.0 cm³/mol. The molecule has 2 fully saturated rings. The molecule has 0 aromatic carbocycles. The third-order valence-corrected chi connectivity index (χ3v) is 6.05. The molecule has 6 nitrogen and oxygen atoms in total. The summed E-state index contributed by atoms with van der Waals surface area (Å²) in [4.78, 5) is 26.4. The van der Waals surface area contributed by atoms with Gasteiger partial charge in [0.05, 0.1) is 0 Å². The summed E-state index contributed by atoms with van der Waals surface area (Å²) in [6.07, 6.45) is 9.27. The maximum Gasteiger partial charge on any atom is 0.249 e. The summed E-state index contributed by atoms with van der Waals surface area (Å²) in [5.74, 6) is 0.424. The number of carbonyl (C=O) groups excluding carboxylic acids is 2. The van der Waals surface area contributed by atoms with Crippen molar-refractivity contribution in [2.45, 2.75) is 76.7 Å². The van der Waals surface area contributed by atoms with E-state index >= 15 is 0 Å². The van der Waals surface area contributed by atoms with E-state index in [2.05, 4.69) is 15.5 Å². The highest BCUT2D eigenvalue weighted by Gasteiger charge is 2.32. The van der Waals surface area contributed by atoms with Gasteiger partial charge in [-0.05, 0) is 32.1 Å². The van der Waals surface area contributed by atoms with Crippen LogP contribution in [-0.2, 0) is 9.59 Å². The molecule has 1 aliphatic heterocycles. The molecule has 1 aliphatic carbocycles. The van der Waals surface area contributed by atoms with E-state index in [0.29, 0.717) is 24.0 Å². The molecule has 1 aromatic rings. The van der Waals surface area contributed by atoms with Gasteiger partial charge in [-0.1, -0.05) is 37.5 Å². The molecule has 2 heterocycles. The Morgan fingerprint density at radius 1 is 1.12 bits per heavy atom. The van der Waals surface area contributed by atoms with E-state index in [1.807, 2.05) is 6.92 Å². The van der Waals surface area contributed by atoms with Crippen LogP contribution in [0.1, 0.15) is 75.6 Å². The van der Waals surface area contributed by atoms with Gasteiger partial charge in [-0.3, -0.25) is 14.9 Å². The third-order valence-electron chi connectivity index (χ3n) is 5.05. The van der Waals surface area contributed by atoms with Crippen LogP contribution in [0.4, 0.5) is 5.13 Å². The number of nitrogens with one attached hydrogen (secondary N) is 1. The molecule has 1 saturated heterocycles. The summed E-state index contributed by atoms with van der Waals surface area (Å²) >= 11 is 1.49. The molecule has 2 aliphatic rings. The number of hydrogen-bond acceptors (Lipinski definition) is 5. The Morgan fingerprint density at radius 3 is 2.62 bits per heavy atom. The Morgan fingerprint density at radius 2 is 1.88 bits per heavy atom. The smallest absolute Gasteiger partial charge is 0.249 e. The quantitative estimate of drug-likeness (QED) is 0.904. The summed E-state index contributed by atoms with van der Waals surface area (Å²) < 4.78 is 0. The fraction of sp³-hybridized carbons (Fsp3) is 0.765. The van der Waals surface area contributed by atoms with Gasteiger partial charge in [-0.2, -0.15) is 0 Å². The Labute approximate surface area is 147 Å². The molecular formula is C17H26N4O2S. The van der Waals surface area contributed by atoms with E-state index in [1.54, 1.807) is 4.90 Å². The molecule has 1 atom stereocenters. The van der Waals surface area contributed by atoms with Gasteiger partial charge in [0.15, 0.2) is 0 Å². The van der Waals surface area contributed by atoms with Gasteiger partial charge in [0.2, 0.25) is 16.9 Å². The van der Waals surface area contributed by atoms with E-state index < -0.39 is 0 Å². The van der Waals surface area contributed by atoms with Gasteiger partial charge in [0.1, 0.15) is 11.0 Å². The number of carbonyl (C=O) groups is 2. The topological polar surface area (TPSA) is 75.2 Å². The molecular weight excluding hydrogens is 324 g/mol. The Hall–Kier alpha value is -1.50. The molecule has 24 heavy (non-hydrogen) atoms. The van der Waals surface area contributed by atoms with E-state index in [4.69, 9.17) is 0 Å². The summed E-state index contributed by atoms with van der Waals surface area (Å²) in [5, 5.41) is 12.9.